The molecule has 4 rings (SSSR count). The average Bonchev–Trinajstić information content (AvgIpc) is 2.82. The van der Waals surface area contributed by atoms with Crippen LogP contribution in [-0.2, 0) is 6.42 Å². The first-order valence-corrected chi connectivity index (χ1v) is 8.69. The molecule has 2 heteroatoms. The van der Waals surface area contributed by atoms with Crippen molar-refractivity contribution in [1.29, 1.82) is 0 Å². The molecule has 0 spiro atoms. The molecular weight excluding hydrogens is 270 g/mol. The fourth-order valence-corrected chi connectivity index (χ4v) is 5.70. The molecule has 0 bridgehead atoms. The Labute approximate surface area is 133 Å². The van der Waals surface area contributed by atoms with Crippen LogP contribution < -0.4 is 10.5 Å². The second kappa shape index (κ2) is 4.78. The van der Waals surface area contributed by atoms with Gasteiger partial charge in [0.2, 0.25) is 0 Å². The van der Waals surface area contributed by atoms with Crippen molar-refractivity contribution >= 4 is 5.69 Å². The van der Waals surface area contributed by atoms with E-state index >= 15 is 0 Å². The van der Waals surface area contributed by atoms with Gasteiger partial charge in [-0.3, -0.25) is 0 Å². The van der Waals surface area contributed by atoms with E-state index in [9.17, 15) is 0 Å². The van der Waals surface area contributed by atoms with Crippen LogP contribution in [0.3, 0.4) is 0 Å². The van der Waals surface area contributed by atoms with Gasteiger partial charge in [-0.25, -0.2) is 0 Å². The molecule has 3 aliphatic carbocycles. The molecule has 0 radical (unpaired) electrons. The summed E-state index contributed by atoms with van der Waals surface area (Å²) < 4.78 is 5.48. The Morgan fingerprint density at radius 1 is 1.23 bits per heavy atom. The Hall–Kier alpha value is -1.44. The van der Waals surface area contributed by atoms with Crippen molar-refractivity contribution in [3.05, 3.63) is 35.4 Å². The second-order valence-electron chi connectivity index (χ2n) is 7.81. The number of fused-ring (bicyclic) bond motifs is 5. The summed E-state index contributed by atoms with van der Waals surface area (Å²) in [4.78, 5) is 0. The SMILES string of the molecule is C=C1CCC2C3CCc4cc(N)c(OC)cc4C3CC[C@]12C. The van der Waals surface area contributed by atoms with E-state index < -0.39 is 0 Å². The summed E-state index contributed by atoms with van der Waals surface area (Å²) in [6.07, 6.45) is 7.65. The number of hydrogen-bond acceptors (Lipinski definition) is 2. The molecule has 1 aromatic rings. The Morgan fingerprint density at radius 3 is 2.82 bits per heavy atom. The molecule has 2 fully saturated rings. The molecule has 1 aromatic carbocycles. The Balaban J connectivity index is 1.74. The highest BCUT2D eigenvalue weighted by atomic mass is 16.5. The maximum Gasteiger partial charge on any atom is 0.142 e. The summed E-state index contributed by atoms with van der Waals surface area (Å²) in [5.41, 5.74) is 11.8. The smallest absolute Gasteiger partial charge is 0.142 e. The third kappa shape index (κ3) is 1.79. The number of methoxy groups -OCH3 is 1. The van der Waals surface area contributed by atoms with E-state index in [1.54, 1.807) is 7.11 Å². The minimum atomic E-state index is 0.399. The zero-order valence-corrected chi connectivity index (χ0v) is 13.8. The molecule has 4 atom stereocenters. The summed E-state index contributed by atoms with van der Waals surface area (Å²) in [6.45, 7) is 6.87. The van der Waals surface area contributed by atoms with Gasteiger partial charge in [0.25, 0.3) is 0 Å². The third-order valence-corrected chi connectivity index (χ3v) is 7.03. The number of allylic oxidation sites excluding steroid dienone is 1. The highest BCUT2D eigenvalue weighted by Crippen LogP contribution is 2.62. The van der Waals surface area contributed by atoms with Crippen LogP contribution in [0.4, 0.5) is 5.69 Å². The lowest BCUT2D eigenvalue weighted by Crippen LogP contribution is -2.40. The summed E-state index contributed by atoms with van der Waals surface area (Å²) in [5.74, 6) is 3.19. The fraction of sp³-hybridized carbons (Fsp3) is 0.600. The molecule has 0 heterocycles. The summed E-state index contributed by atoms with van der Waals surface area (Å²) in [5, 5.41) is 0. The number of anilines is 1. The lowest BCUT2D eigenvalue weighted by atomic mass is 9.55. The largest absolute Gasteiger partial charge is 0.495 e. The van der Waals surface area contributed by atoms with Crippen molar-refractivity contribution in [2.45, 2.75) is 51.4 Å². The molecule has 0 saturated heterocycles. The van der Waals surface area contributed by atoms with Gasteiger partial charge in [-0.15, -0.1) is 0 Å². The second-order valence-corrected chi connectivity index (χ2v) is 7.81. The van der Waals surface area contributed by atoms with Crippen LogP contribution in [0.2, 0.25) is 0 Å². The molecular formula is C20H27NO. The van der Waals surface area contributed by atoms with Gasteiger partial charge in [0.15, 0.2) is 0 Å². The predicted octanol–water partition coefficient (Wildman–Crippen LogP) is 4.69. The molecule has 2 nitrogen and oxygen atoms in total. The first kappa shape index (κ1) is 14.2. The Kier molecular flexibility index (Phi) is 3.08. The van der Waals surface area contributed by atoms with Crippen molar-refractivity contribution in [2.24, 2.45) is 17.3 Å². The van der Waals surface area contributed by atoms with Gasteiger partial charge in [0, 0.05) is 0 Å². The molecule has 118 valence electrons. The van der Waals surface area contributed by atoms with Crippen LogP contribution in [0, 0.1) is 17.3 Å². The number of nitrogen functional groups attached to an aromatic ring is 1. The number of rotatable bonds is 1. The molecule has 3 aliphatic rings. The normalized spacial score (nSPS) is 36.5. The van der Waals surface area contributed by atoms with Crippen LogP contribution in [0.1, 0.15) is 56.1 Å². The fourth-order valence-electron chi connectivity index (χ4n) is 5.70. The van der Waals surface area contributed by atoms with Crippen molar-refractivity contribution in [3.8, 4) is 5.75 Å². The van der Waals surface area contributed by atoms with Crippen molar-refractivity contribution in [3.63, 3.8) is 0 Å². The first-order chi connectivity index (χ1) is 10.5. The summed E-state index contributed by atoms with van der Waals surface area (Å²) in [7, 11) is 1.72. The zero-order valence-electron chi connectivity index (χ0n) is 13.8. The maximum atomic E-state index is 6.11. The van der Waals surface area contributed by atoms with Crippen molar-refractivity contribution in [2.75, 3.05) is 12.8 Å². The molecule has 0 aromatic heterocycles. The van der Waals surface area contributed by atoms with E-state index in [1.165, 1.54) is 55.2 Å². The Morgan fingerprint density at radius 2 is 2.05 bits per heavy atom. The standard InChI is InChI=1S/C20H27NO/c1-12-4-7-17-15-6-5-13-10-18(21)19(22-3)11-16(13)14(15)8-9-20(12,17)2/h10-11,14-15,17H,1,4-9,21H2,2-3H3/t14?,15?,17?,20-/m1/s1. The number of ether oxygens (including phenoxy) is 1. The van der Waals surface area contributed by atoms with Gasteiger partial charge in [0.05, 0.1) is 12.8 Å². The average molecular weight is 297 g/mol. The van der Waals surface area contributed by atoms with E-state index in [0.29, 0.717) is 11.3 Å². The Bertz CT molecular complexity index is 635. The van der Waals surface area contributed by atoms with E-state index in [0.717, 1.165) is 23.3 Å². The number of aryl methyl sites for hydroxylation is 1. The van der Waals surface area contributed by atoms with Crippen molar-refractivity contribution in [1.82, 2.24) is 0 Å². The quantitative estimate of drug-likeness (QED) is 0.603. The molecule has 0 aliphatic heterocycles. The van der Waals surface area contributed by atoms with Crippen LogP contribution in [0.25, 0.3) is 0 Å². The molecule has 2 N–H and O–H groups in total. The van der Waals surface area contributed by atoms with E-state index in [4.69, 9.17) is 10.5 Å². The number of nitrogens with two attached hydrogens (primary N) is 1. The van der Waals surface area contributed by atoms with Crippen LogP contribution in [0.15, 0.2) is 24.3 Å². The highest BCUT2D eigenvalue weighted by Gasteiger charge is 2.51. The molecule has 22 heavy (non-hydrogen) atoms. The summed E-state index contributed by atoms with van der Waals surface area (Å²) in [6, 6.07) is 4.39. The van der Waals surface area contributed by atoms with E-state index in [2.05, 4.69) is 25.6 Å². The van der Waals surface area contributed by atoms with Crippen LogP contribution >= 0.6 is 0 Å². The zero-order chi connectivity index (χ0) is 15.5. The molecule has 2 saturated carbocycles. The van der Waals surface area contributed by atoms with Crippen LogP contribution in [0.5, 0.6) is 5.75 Å². The minimum absolute atomic E-state index is 0.399. The minimum Gasteiger partial charge on any atom is -0.495 e. The topological polar surface area (TPSA) is 35.2 Å². The van der Waals surface area contributed by atoms with Crippen LogP contribution in [-0.4, -0.2) is 7.11 Å². The van der Waals surface area contributed by atoms with Gasteiger partial charge in [-0.2, -0.15) is 0 Å². The third-order valence-electron chi connectivity index (χ3n) is 7.03. The van der Waals surface area contributed by atoms with Gasteiger partial charge in [-0.05, 0) is 85.0 Å². The molecule has 3 unspecified atom stereocenters. The van der Waals surface area contributed by atoms with Gasteiger partial charge in [0.1, 0.15) is 5.75 Å². The van der Waals surface area contributed by atoms with Crippen molar-refractivity contribution < 1.29 is 4.74 Å². The lowest BCUT2D eigenvalue weighted by molar-refractivity contribution is 0.0816. The van der Waals surface area contributed by atoms with Gasteiger partial charge in [-0.1, -0.05) is 19.1 Å². The number of hydrogen-bond donors (Lipinski definition) is 1. The molecule has 0 amide bonds. The maximum absolute atomic E-state index is 6.11. The van der Waals surface area contributed by atoms with Gasteiger partial charge < -0.3 is 10.5 Å². The van der Waals surface area contributed by atoms with E-state index in [-0.39, 0.29) is 0 Å². The van der Waals surface area contributed by atoms with Gasteiger partial charge >= 0.3 is 0 Å². The van der Waals surface area contributed by atoms with E-state index in [1.807, 2.05) is 0 Å². The first-order valence-electron chi connectivity index (χ1n) is 8.69. The summed E-state index contributed by atoms with van der Waals surface area (Å²) >= 11 is 0. The lowest BCUT2D eigenvalue weighted by Gasteiger charge is -2.49. The monoisotopic (exact) mass is 297 g/mol. The highest BCUT2D eigenvalue weighted by molar-refractivity contribution is 5.58. The predicted molar refractivity (Wildman–Crippen MR) is 91.2 cm³/mol. The number of benzene rings is 1.